The second kappa shape index (κ2) is 9.52. The summed E-state index contributed by atoms with van der Waals surface area (Å²) in [6, 6.07) is 11.9. The normalized spacial score (nSPS) is 15.8. The van der Waals surface area contributed by atoms with Gasteiger partial charge in [0.05, 0.1) is 12.2 Å². The fourth-order valence-electron chi connectivity index (χ4n) is 3.05. The molecule has 148 valence electrons. The molecular formula is C21H22F3N3O. The van der Waals surface area contributed by atoms with Gasteiger partial charge in [-0.2, -0.15) is 0 Å². The van der Waals surface area contributed by atoms with Crippen LogP contribution < -0.4 is 5.32 Å². The van der Waals surface area contributed by atoms with Crippen molar-refractivity contribution in [2.75, 3.05) is 44.6 Å². The van der Waals surface area contributed by atoms with E-state index in [2.05, 4.69) is 22.4 Å². The molecule has 7 heteroatoms. The highest BCUT2D eigenvalue weighted by Gasteiger charge is 2.20. The van der Waals surface area contributed by atoms with Crippen molar-refractivity contribution in [3.8, 4) is 0 Å². The number of amides is 1. The van der Waals surface area contributed by atoms with Gasteiger partial charge in [-0.25, -0.2) is 13.2 Å². The van der Waals surface area contributed by atoms with Crippen molar-refractivity contribution < 1.29 is 18.0 Å². The molecule has 0 unspecified atom stereocenters. The van der Waals surface area contributed by atoms with Gasteiger partial charge >= 0.3 is 0 Å². The molecular weight excluding hydrogens is 367 g/mol. The lowest BCUT2D eigenvalue weighted by Crippen LogP contribution is -2.48. The molecule has 28 heavy (non-hydrogen) atoms. The number of rotatable bonds is 6. The van der Waals surface area contributed by atoms with E-state index in [1.807, 2.05) is 35.2 Å². The number of nitrogens with zero attached hydrogens (tertiary/aromatic N) is 2. The Hall–Kier alpha value is -2.64. The van der Waals surface area contributed by atoms with Gasteiger partial charge in [0.2, 0.25) is 5.91 Å². The van der Waals surface area contributed by atoms with Gasteiger partial charge in [-0.1, -0.05) is 42.5 Å². The lowest BCUT2D eigenvalue weighted by atomic mass is 10.2. The first-order valence-corrected chi connectivity index (χ1v) is 9.12. The van der Waals surface area contributed by atoms with Crippen LogP contribution in [0.1, 0.15) is 5.56 Å². The molecule has 1 heterocycles. The van der Waals surface area contributed by atoms with E-state index in [-0.39, 0.29) is 12.2 Å². The zero-order chi connectivity index (χ0) is 19.9. The van der Waals surface area contributed by atoms with Crippen LogP contribution in [0.2, 0.25) is 0 Å². The average Bonchev–Trinajstić information content (AvgIpc) is 2.71. The fraction of sp³-hybridized carbons (Fsp3) is 0.286. The second-order valence-corrected chi connectivity index (χ2v) is 6.66. The lowest BCUT2D eigenvalue weighted by Gasteiger charge is -2.33. The van der Waals surface area contributed by atoms with Crippen LogP contribution in [0.4, 0.5) is 18.9 Å². The number of carbonyl (C=O) groups excluding carboxylic acids is 1. The minimum Gasteiger partial charge on any atom is -0.322 e. The maximum absolute atomic E-state index is 13.6. The monoisotopic (exact) mass is 389 g/mol. The molecule has 1 fully saturated rings. The molecule has 1 amide bonds. The van der Waals surface area contributed by atoms with E-state index in [9.17, 15) is 18.0 Å². The highest BCUT2D eigenvalue weighted by atomic mass is 19.2. The van der Waals surface area contributed by atoms with Crippen molar-refractivity contribution in [2.45, 2.75) is 0 Å². The van der Waals surface area contributed by atoms with Crippen LogP contribution in [0.15, 0.2) is 48.5 Å². The van der Waals surface area contributed by atoms with Crippen LogP contribution in [0, 0.1) is 17.5 Å². The van der Waals surface area contributed by atoms with Gasteiger partial charge in [-0.05, 0) is 17.7 Å². The van der Waals surface area contributed by atoms with Gasteiger partial charge < -0.3 is 5.32 Å². The minimum atomic E-state index is -1.59. The van der Waals surface area contributed by atoms with E-state index in [4.69, 9.17) is 0 Å². The van der Waals surface area contributed by atoms with E-state index in [1.54, 1.807) is 0 Å². The molecule has 1 aliphatic heterocycles. The van der Waals surface area contributed by atoms with Gasteiger partial charge in [-0.3, -0.25) is 14.6 Å². The maximum atomic E-state index is 13.6. The first kappa shape index (κ1) is 20.1. The maximum Gasteiger partial charge on any atom is 0.238 e. The van der Waals surface area contributed by atoms with Gasteiger partial charge in [0, 0.05) is 32.7 Å². The Morgan fingerprint density at radius 2 is 1.61 bits per heavy atom. The van der Waals surface area contributed by atoms with E-state index in [1.165, 1.54) is 0 Å². The van der Waals surface area contributed by atoms with Crippen LogP contribution in [0.3, 0.4) is 0 Å². The minimum absolute atomic E-state index is 0.0755. The lowest BCUT2D eigenvalue weighted by molar-refractivity contribution is -0.117. The molecule has 2 aromatic carbocycles. The van der Waals surface area contributed by atoms with Crippen molar-refractivity contribution in [1.29, 1.82) is 0 Å². The van der Waals surface area contributed by atoms with Gasteiger partial charge in [0.25, 0.3) is 0 Å². The van der Waals surface area contributed by atoms with E-state index in [0.717, 1.165) is 37.3 Å². The molecule has 1 aliphatic rings. The van der Waals surface area contributed by atoms with Crippen LogP contribution >= 0.6 is 0 Å². The molecule has 4 nitrogen and oxygen atoms in total. The van der Waals surface area contributed by atoms with E-state index < -0.39 is 23.4 Å². The Balaban J connectivity index is 1.42. The Labute approximate surface area is 162 Å². The van der Waals surface area contributed by atoms with Crippen LogP contribution in [0.5, 0.6) is 0 Å². The third kappa shape index (κ3) is 5.43. The van der Waals surface area contributed by atoms with Crippen LogP contribution in [0.25, 0.3) is 6.08 Å². The quantitative estimate of drug-likeness (QED) is 0.770. The summed E-state index contributed by atoms with van der Waals surface area (Å²) in [5.74, 6) is -4.71. The number of hydrogen-bond donors (Lipinski definition) is 1. The van der Waals surface area contributed by atoms with E-state index >= 15 is 0 Å². The number of hydrogen-bond acceptors (Lipinski definition) is 3. The predicted molar refractivity (Wildman–Crippen MR) is 103 cm³/mol. The topological polar surface area (TPSA) is 35.6 Å². The van der Waals surface area contributed by atoms with Crippen molar-refractivity contribution >= 4 is 17.7 Å². The molecule has 1 saturated heterocycles. The SMILES string of the molecule is O=C(CN1CCN(C/C=C/c2ccccc2)CC1)Nc1ccc(F)c(F)c1F. The fourth-order valence-corrected chi connectivity index (χ4v) is 3.05. The summed E-state index contributed by atoms with van der Waals surface area (Å²) in [5, 5.41) is 2.30. The number of benzene rings is 2. The summed E-state index contributed by atoms with van der Waals surface area (Å²) >= 11 is 0. The largest absolute Gasteiger partial charge is 0.322 e. The highest BCUT2D eigenvalue weighted by Crippen LogP contribution is 2.19. The summed E-state index contributed by atoms with van der Waals surface area (Å²) in [5.41, 5.74) is 0.802. The Morgan fingerprint density at radius 1 is 0.929 bits per heavy atom. The predicted octanol–water partition coefficient (Wildman–Crippen LogP) is 3.37. The number of nitrogens with one attached hydrogen (secondary N) is 1. The van der Waals surface area contributed by atoms with Crippen molar-refractivity contribution in [2.24, 2.45) is 0 Å². The number of anilines is 1. The molecule has 0 bridgehead atoms. The van der Waals surface area contributed by atoms with Gasteiger partial charge in [0.1, 0.15) is 0 Å². The average molecular weight is 389 g/mol. The molecule has 3 rings (SSSR count). The summed E-state index contributed by atoms with van der Waals surface area (Å²) in [6.07, 6.45) is 4.19. The summed E-state index contributed by atoms with van der Waals surface area (Å²) < 4.78 is 39.8. The third-order valence-electron chi connectivity index (χ3n) is 4.61. The first-order valence-electron chi connectivity index (χ1n) is 9.12. The third-order valence-corrected chi connectivity index (χ3v) is 4.61. The molecule has 0 aromatic heterocycles. The number of piperazine rings is 1. The smallest absolute Gasteiger partial charge is 0.238 e. The number of carbonyl (C=O) groups is 1. The summed E-state index contributed by atoms with van der Waals surface area (Å²) in [4.78, 5) is 16.3. The van der Waals surface area contributed by atoms with Crippen LogP contribution in [-0.2, 0) is 4.79 Å². The number of halogens is 3. The zero-order valence-electron chi connectivity index (χ0n) is 15.4. The molecule has 2 aromatic rings. The first-order chi connectivity index (χ1) is 13.5. The second-order valence-electron chi connectivity index (χ2n) is 6.66. The molecule has 0 aliphatic carbocycles. The molecule has 0 spiro atoms. The van der Waals surface area contributed by atoms with Gasteiger partial charge in [0.15, 0.2) is 17.5 Å². The highest BCUT2D eigenvalue weighted by molar-refractivity contribution is 5.92. The standard InChI is InChI=1S/C21H22F3N3O/c22-17-8-9-18(21(24)20(17)23)25-19(28)15-27-13-11-26(12-14-27)10-4-7-16-5-2-1-3-6-16/h1-9H,10-15H2,(H,25,28)/b7-4+. The van der Waals surface area contributed by atoms with Crippen LogP contribution in [-0.4, -0.2) is 55.0 Å². The Bertz CT molecular complexity index is 834. The Kier molecular flexibility index (Phi) is 6.84. The van der Waals surface area contributed by atoms with Crippen molar-refractivity contribution in [1.82, 2.24) is 9.80 Å². The van der Waals surface area contributed by atoms with Gasteiger partial charge in [-0.15, -0.1) is 0 Å². The summed E-state index contributed by atoms with van der Waals surface area (Å²) in [7, 11) is 0. The molecule has 0 saturated carbocycles. The molecule has 0 radical (unpaired) electrons. The summed E-state index contributed by atoms with van der Waals surface area (Å²) in [6.45, 7) is 3.93. The Morgan fingerprint density at radius 3 is 2.32 bits per heavy atom. The van der Waals surface area contributed by atoms with Crippen molar-refractivity contribution in [3.05, 3.63) is 71.6 Å². The van der Waals surface area contributed by atoms with E-state index in [0.29, 0.717) is 13.1 Å². The van der Waals surface area contributed by atoms with Crippen molar-refractivity contribution in [3.63, 3.8) is 0 Å². The molecule has 0 atom stereocenters. The molecule has 1 N–H and O–H groups in total. The zero-order valence-corrected chi connectivity index (χ0v) is 15.4.